The number of rotatable bonds is 11. The number of benzene rings is 2. The number of imidazole rings is 1. The van der Waals surface area contributed by atoms with Crippen LogP contribution in [0.15, 0.2) is 54.7 Å². The zero-order valence-corrected chi connectivity index (χ0v) is 22.4. The highest BCUT2D eigenvalue weighted by molar-refractivity contribution is 5.79. The summed E-state index contributed by atoms with van der Waals surface area (Å²) in [5, 5.41) is 23.9. The van der Waals surface area contributed by atoms with Gasteiger partial charge < -0.3 is 25.5 Å². The second-order valence-corrected chi connectivity index (χ2v) is 10.1. The van der Waals surface area contributed by atoms with Crippen molar-refractivity contribution < 1.29 is 28.6 Å². The van der Waals surface area contributed by atoms with Crippen molar-refractivity contribution in [1.82, 2.24) is 20.6 Å². The number of hydrogen-bond acceptors (Lipinski definition) is 6. The predicted octanol–water partition coefficient (Wildman–Crippen LogP) is 4.84. The molecule has 10 nitrogen and oxygen atoms in total. The lowest BCUT2D eigenvalue weighted by atomic mass is 9.81. The molecule has 4 N–H and O–H groups in total. The number of nitrogens with zero attached hydrogens (tertiary/aromatic N) is 2. The Morgan fingerprint density at radius 2 is 1.90 bits per heavy atom. The van der Waals surface area contributed by atoms with Gasteiger partial charge in [0.05, 0.1) is 23.5 Å². The van der Waals surface area contributed by atoms with Crippen molar-refractivity contribution in [1.29, 1.82) is 5.26 Å². The Morgan fingerprint density at radius 3 is 2.59 bits per heavy atom. The minimum atomic E-state index is -1.000. The van der Waals surface area contributed by atoms with Crippen LogP contribution >= 0.6 is 0 Å². The lowest BCUT2D eigenvalue weighted by Crippen LogP contribution is -2.38. The summed E-state index contributed by atoms with van der Waals surface area (Å²) in [4.78, 5) is 43.8. The molecule has 214 valence electrons. The average molecular weight is 562 g/mol. The smallest absolute Gasteiger partial charge is 0.407 e. The van der Waals surface area contributed by atoms with Crippen LogP contribution in [0.3, 0.4) is 0 Å². The maximum absolute atomic E-state index is 14.1. The fraction of sp³-hybridized carbons (Fsp3) is 0.367. The normalized spacial score (nSPS) is 17.2. The van der Waals surface area contributed by atoms with E-state index >= 15 is 0 Å². The van der Waals surface area contributed by atoms with Crippen LogP contribution in [0.5, 0.6) is 0 Å². The first-order chi connectivity index (χ1) is 19.8. The van der Waals surface area contributed by atoms with E-state index in [-0.39, 0.29) is 42.8 Å². The summed E-state index contributed by atoms with van der Waals surface area (Å²) < 4.78 is 19.4. The van der Waals surface area contributed by atoms with Crippen molar-refractivity contribution in [3.8, 4) is 17.3 Å². The molecule has 1 fully saturated rings. The van der Waals surface area contributed by atoms with Crippen LogP contribution in [0, 0.1) is 29.0 Å². The third-order valence-corrected chi connectivity index (χ3v) is 7.25. The number of nitriles is 1. The van der Waals surface area contributed by atoms with Crippen LogP contribution in [0.25, 0.3) is 11.3 Å². The van der Waals surface area contributed by atoms with E-state index in [2.05, 4.69) is 20.6 Å². The average Bonchev–Trinajstić information content (AvgIpc) is 3.48. The quantitative estimate of drug-likeness (QED) is 0.261. The molecular formula is C30H32FN5O5. The highest BCUT2D eigenvalue weighted by Crippen LogP contribution is 2.30. The van der Waals surface area contributed by atoms with Gasteiger partial charge in [0.1, 0.15) is 24.3 Å². The third kappa shape index (κ3) is 8.38. The monoisotopic (exact) mass is 561 g/mol. The third-order valence-electron chi connectivity index (χ3n) is 7.25. The number of halogens is 1. The molecule has 1 aliphatic rings. The van der Waals surface area contributed by atoms with Crippen LogP contribution in [0.2, 0.25) is 0 Å². The van der Waals surface area contributed by atoms with Gasteiger partial charge >= 0.3 is 12.1 Å². The van der Waals surface area contributed by atoms with Gasteiger partial charge in [0.25, 0.3) is 0 Å². The molecule has 2 aromatic carbocycles. The Morgan fingerprint density at radius 1 is 1.15 bits per heavy atom. The molecule has 11 heteroatoms. The van der Waals surface area contributed by atoms with E-state index < -0.39 is 23.9 Å². The fourth-order valence-corrected chi connectivity index (χ4v) is 4.90. The number of carbonyl (C=O) groups is 3. The molecular weight excluding hydrogens is 529 g/mol. The molecule has 2 amide bonds. The molecule has 0 unspecified atom stereocenters. The van der Waals surface area contributed by atoms with Crippen molar-refractivity contribution in [2.75, 3.05) is 6.54 Å². The number of carboxylic acid groups (broad SMARTS) is 1. The molecule has 0 bridgehead atoms. The molecule has 3 aromatic rings. The van der Waals surface area contributed by atoms with Gasteiger partial charge in [0.15, 0.2) is 0 Å². The molecule has 0 radical (unpaired) electrons. The Kier molecular flexibility index (Phi) is 10.0. The summed E-state index contributed by atoms with van der Waals surface area (Å²) in [7, 11) is 0. The number of aromatic nitrogens is 2. The maximum atomic E-state index is 14.1. The number of ether oxygens (including phenoxy) is 1. The minimum absolute atomic E-state index is 0.0754. The van der Waals surface area contributed by atoms with E-state index in [0.717, 1.165) is 18.4 Å². The molecule has 0 aliphatic heterocycles. The van der Waals surface area contributed by atoms with E-state index in [4.69, 9.17) is 10.00 Å². The second kappa shape index (κ2) is 14.1. The maximum Gasteiger partial charge on any atom is 0.407 e. The predicted molar refractivity (Wildman–Crippen MR) is 147 cm³/mol. The Balaban J connectivity index is 1.28. The van der Waals surface area contributed by atoms with Crippen LogP contribution in [-0.2, 0) is 20.9 Å². The molecule has 1 heterocycles. The van der Waals surface area contributed by atoms with Gasteiger partial charge in [0.2, 0.25) is 5.91 Å². The molecule has 1 atom stereocenters. The van der Waals surface area contributed by atoms with Gasteiger partial charge in [-0.15, -0.1) is 0 Å². The first kappa shape index (κ1) is 29.3. The number of amides is 2. The number of H-pyrrole nitrogens is 1. The van der Waals surface area contributed by atoms with Gasteiger partial charge in [-0.1, -0.05) is 36.4 Å². The first-order valence-corrected chi connectivity index (χ1v) is 13.5. The van der Waals surface area contributed by atoms with Gasteiger partial charge in [-0.05, 0) is 55.7 Å². The van der Waals surface area contributed by atoms with Crippen LogP contribution in [0.4, 0.5) is 9.18 Å². The van der Waals surface area contributed by atoms with Crippen molar-refractivity contribution in [3.05, 3.63) is 77.5 Å². The summed E-state index contributed by atoms with van der Waals surface area (Å²) >= 11 is 0. The van der Waals surface area contributed by atoms with Gasteiger partial charge in [-0.25, -0.2) is 14.2 Å². The lowest BCUT2D eigenvalue weighted by molar-refractivity contribution is -0.137. The van der Waals surface area contributed by atoms with Crippen molar-refractivity contribution in [2.24, 2.45) is 11.8 Å². The summed E-state index contributed by atoms with van der Waals surface area (Å²) in [6, 6.07) is 14.7. The first-order valence-electron chi connectivity index (χ1n) is 13.5. The van der Waals surface area contributed by atoms with E-state index in [9.17, 15) is 23.9 Å². The summed E-state index contributed by atoms with van der Waals surface area (Å²) in [6.45, 7) is 0.665. The topological polar surface area (TPSA) is 157 Å². The van der Waals surface area contributed by atoms with Crippen LogP contribution in [-0.4, -0.2) is 39.6 Å². The number of aliphatic carboxylic acids is 1. The molecule has 41 heavy (non-hydrogen) atoms. The molecule has 1 aromatic heterocycles. The van der Waals surface area contributed by atoms with Gasteiger partial charge in [-0.2, -0.15) is 5.26 Å². The van der Waals surface area contributed by atoms with Crippen molar-refractivity contribution in [2.45, 2.75) is 51.2 Å². The Labute approximate surface area is 236 Å². The van der Waals surface area contributed by atoms with Gasteiger partial charge in [0, 0.05) is 24.4 Å². The number of aromatic amines is 1. The molecule has 1 aliphatic carbocycles. The Bertz CT molecular complexity index is 1400. The van der Waals surface area contributed by atoms with Crippen LogP contribution in [0.1, 0.15) is 61.5 Å². The summed E-state index contributed by atoms with van der Waals surface area (Å²) in [5.41, 5.74) is 1.78. The highest BCUT2D eigenvalue weighted by Gasteiger charge is 2.29. The fourth-order valence-electron chi connectivity index (χ4n) is 4.90. The zero-order chi connectivity index (χ0) is 29.2. The van der Waals surface area contributed by atoms with Crippen LogP contribution < -0.4 is 10.6 Å². The van der Waals surface area contributed by atoms with Crippen molar-refractivity contribution >= 4 is 18.0 Å². The van der Waals surface area contributed by atoms with Crippen molar-refractivity contribution in [3.63, 3.8) is 0 Å². The SMILES string of the molecule is N#Cc1ccc(-c2cnc([C@H](CCC(=O)O)NC(=O)C3CCC(CNC(=O)OCc4ccccc4)CC3)[nH]2)cc1F. The number of alkyl carbamates (subject to hydrolysis) is 1. The molecule has 4 rings (SSSR count). The zero-order valence-electron chi connectivity index (χ0n) is 22.4. The second-order valence-electron chi connectivity index (χ2n) is 10.1. The minimum Gasteiger partial charge on any atom is -0.481 e. The number of hydrogen-bond donors (Lipinski definition) is 4. The largest absolute Gasteiger partial charge is 0.481 e. The van der Waals surface area contributed by atoms with E-state index in [1.54, 1.807) is 12.1 Å². The van der Waals surface area contributed by atoms with E-state index in [0.29, 0.717) is 36.5 Å². The number of carboxylic acids is 1. The molecule has 0 saturated heterocycles. The summed E-state index contributed by atoms with van der Waals surface area (Å²) in [6.07, 6.45) is 3.74. The lowest BCUT2D eigenvalue weighted by Gasteiger charge is -2.29. The van der Waals surface area contributed by atoms with Gasteiger partial charge in [-0.3, -0.25) is 9.59 Å². The highest BCUT2D eigenvalue weighted by atomic mass is 19.1. The van der Waals surface area contributed by atoms with E-state index in [1.165, 1.54) is 18.3 Å². The number of nitrogens with one attached hydrogen (secondary N) is 3. The standard InChI is InChI=1S/C30H32FN5O5/c31-24-14-22(10-11-23(24)15-32)26-17-33-28(35-26)25(12-13-27(37)38)36-29(39)21-8-6-19(7-9-21)16-34-30(40)41-18-20-4-2-1-3-5-20/h1-5,10-11,14,17,19,21,25H,6-9,12-13,16,18H2,(H,33,35)(H,34,40)(H,36,39)(H,37,38)/t19?,21?,25-/m0/s1. The number of carbonyl (C=O) groups excluding carboxylic acids is 2. The molecule has 0 spiro atoms. The van der Waals surface area contributed by atoms with E-state index in [1.807, 2.05) is 30.3 Å². The summed E-state index contributed by atoms with van der Waals surface area (Å²) in [5.74, 6) is -1.49. The molecule has 1 saturated carbocycles. The Hall–Kier alpha value is -4.72.